The minimum atomic E-state index is -0.739. The second-order valence-electron chi connectivity index (χ2n) is 3.98. The van der Waals surface area contributed by atoms with Crippen LogP contribution < -0.4 is 5.32 Å². The minimum absolute atomic E-state index is 0.165. The molecule has 0 bridgehead atoms. The summed E-state index contributed by atoms with van der Waals surface area (Å²) in [5.41, 5.74) is 0.327. The van der Waals surface area contributed by atoms with Crippen LogP contribution in [0.3, 0.4) is 0 Å². The maximum atomic E-state index is 12.2. The smallest absolute Gasteiger partial charge is 0.319 e. The van der Waals surface area contributed by atoms with E-state index in [1.54, 1.807) is 19.1 Å². The van der Waals surface area contributed by atoms with Crippen molar-refractivity contribution in [3.05, 3.63) is 55.5 Å². The standard InChI is InChI=1S/C12H8BrClN4O3/c1-6-8(2-3-9(13)16-6)17-12(19)7-4-5-15-11(14)10(7)18(20)21/h2-5H,1H3,(H,17,19). The van der Waals surface area contributed by atoms with E-state index in [0.29, 0.717) is 16.0 Å². The van der Waals surface area contributed by atoms with E-state index in [4.69, 9.17) is 11.6 Å². The molecule has 108 valence electrons. The van der Waals surface area contributed by atoms with Gasteiger partial charge in [0.25, 0.3) is 5.91 Å². The van der Waals surface area contributed by atoms with Gasteiger partial charge in [-0.3, -0.25) is 14.9 Å². The Morgan fingerprint density at radius 3 is 2.76 bits per heavy atom. The van der Waals surface area contributed by atoms with Crippen molar-refractivity contribution < 1.29 is 9.72 Å². The molecule has 7 nitrogen and oxygen atoms in total. The van der Waals surface area contributed by atoms with Crippen LogP contribution in [0.1, 0.15) is 16.1 Å². The highest BCUT2D eigenvalue weighted by atomic mass is 79.9. The minimum Gasteiger partial charge on any atom is -0.320 e. The van der Waals surface area contributed by atoms with Crippen molar-refractivity contribution in [2.45, 2.75) is 6.92 Å². The Morgan fingerprint density at radius 2 is 2.14 bits per heavy atom. The van der Waals surface area contributed by atoms with Crippen LogP contribution in [0.2, 0.25) is 5.15 Å². The van der Waals surface area contributed by atoms with Crippen LogP contribution in [-0.2, 0) is 0 Å². The van der Waals surface area contributed by atoms with Gasteiger partial charge in [-0.05, 0) is 41.1 Å². The predicted molar refractivity (Wildman–Crippen MR) is 80.5 cm³/mol. The van der Waals surface area contributed by atoms with Crippen molar-refractivity contribution >= 4 is 44.8 Å². The zero-order valence-electron chi connectivity index (χ0n) is 10.6. The van der Waals surface area contributed by atoms with E-state index in [0.717, 1.165) is 0 Å². The average Bonchev–Trinajstić information content (AvgIpc) is 2.41. The first kappa shape index (κ1) is 15.3. The lowest BCUT2D eigenvalue weighted by atomic mass is 10.2. The summed E-state index contributed by atoms with van der Waals surface area (Å²) in [5.74, 6) is -0.654. The second-order valence-corrected chi connectivity index (χ2v) is 5.15. The summed E-state index contributed by atoms with van der Waals surface area (Å²) < 4.78 is 0.621. The van der Waals surface area contributed by atoms with Crippen molar-refractivity contribution in [2.75, 3.05) is 5.32 Å². The Kier molecular flexibility index (Phi) is 4.49. The van der Waals surface area contributed by atoms with Gasteiger partial charge in [-0.15, -0.1) is 0 Å². The van der Waals surface area contributed by atoms with E-state index in [1.165, 1.54) is 12.3 Å². The number of amides is 1. The molecule has 0 atom stereocenters. The van der Waals surface area contributed by atoms with E-state index in [-0.39, 0.29) is 10.7 Å². The molecule has 2 aromatic rings. The monoisotopic (exact) mass is 370 g/mol. The number of pyridine rings is 2. The number of rotatable bonds is 3. The number of carbonyl (C=O) groups excluding carboxylic acids is 1. The first-order valence-electron chi connectivity index (χ1n) is 5.63. The predicted octanol–water partition coefficient (Wildman–Crippen LogP) is 3.36. The number of anilines is 1. The van der Waals surface area contributed by atoms with Gasteiger partial charge in [0.2, 0.25) is 5.15 Å². The SMILES string of the molecule is Cc1nc(Br)ccc1NC(=O)c1ccnc(Cl)c1[N+](=O)[O-]. The number of aromatic nitrogens is 2. The molecule has 0 spiro atoms. The molecule has 0 saturated heterocycles. The van der Waals surface area contributed by atoms with Gasteiger partial charge in [0, 0.05) is 6.20 Å². The first-order valence-corrected chi connectivity index (χ1v) is 6.80. The summed E-state index contributed by atoms with van der Waals surface area (Å²) in [7, 11) is 0. The van der Waals surface area contributed by atoms with Crippen molar-refractivity contribution in [1.82, 2.24) is 9.97 Å². The highest BCUT2D eigenvalue weighted by molar-refractivity contribution is 9.10. The lowest BCUT2D eigenvalue weighted by molar-refractivity contribution is -0.385. The molecule has 1 amide bonds. The van der Waals surface area contributed by atoms with E-state index in [2.05, 4.69) is 31.2 Å². The fourth-order valence-corrected chi connectivity index (χ4v) is 2.26. The van der Waals surface area contributed by atoms with Gasteiger partial charge in [0.1, 0.15) is 10.2 Å². The number of aryl methyl sites for hydroxylation is 1. The van der Waals surface area contributed by atoms with Crippen LogP contribution in [0.4, 0.5) is 11.4 Å². The van der Waals surface area contributed by atoms with E-state index >= 15 is 0 Å². The molecule has 9 heteroatoms. The Labute approximate surface area is 132 Å². The van der Waals surface area contributed by atoms with Gasteiger partial charge in [0.15, 0.2) is 0 Å². The number of halogens is 2. The van der Waals surface area contributed by atoms with Crippen molar-refractivity contribution in [2.24, 2.45) is 0 Å². The number of hydrogen-bond donors (Lipinski definition) is 1. The molecule has 0 radical (unpaired) electrons. The maximum Gasteiger partial charge on any atom is 0.319 e. The number of nitrogens with zero attached hydrogens (tertiary/aromatic N) is 3. The van der Waals surface area contributed by atoms with Crippen LogP contribution in [0.5, 0.6) is 0 Å². The number of carbonyl (C=O) groups is 1. The van der Waals surface area contributed by atoms with Gasteiger partial charge in [-0.1, -0.05) is 11.6 Å². The molecule has 2 aromatic heterocycles. The van der Waals surface area contributed by atoms with E-state index in [9.17, 15) is 14.9 Å². The molecule has 0 aromatic carbocycles. The van der Waals surface area contributed by atoms with Crippen molar-refractivity contribution in [1.29, 1.82) is 0 Å². The summed E-state index contributed by atoms with van der Waals surface area (Å²) in [6.07, 6.45) is 1.23. The van der Waals surface area contributed by atoms with Crippen molar-refractivity contribution in [3.63, 3.8) is 0 Å². The first-order chi connectivity index (χ1) is 9.90. The average molecular weight is 372 g/mol. The van der Waals surface area contributed by atoms with Crippen LogP contribution in [0, 0.1) is 17.0 Å². The fraction of sp³-hybridized carbons (Fsp3) is 0.0833. The molecule has 0 aliphatic heterocycles. The Balaban J connectivity index is 2.37. The van der Waals surface area contributed by atoms with Crippen LogP contribution >= 0.6 is 27.5 Å². The van der Waals surface area contributed by atoms with Gasteiger partial charge in [-0.2, -0.15) is 0 Å². The lowest BCUT2D eigenvalue weighted by Crippen LogP contribution is -2.15. The Hall–Kier alpha value is -2.06. The summed E-state index contributed by atoms with van der Waals surface area (Å²) in [6, 6.07) is 4.52. The molecule has 21 heavy (non-hydrogen) atoms. The largest absolute Gasteiger partial charge is 0.320 e. The number of hydrogen-bond acceptors (Lipinski definition) is 5. The van der Waals surface area contributed by atoms with Gasteiger partial charge < -0.3 is 5.32 Å². The zero-order chi connectivity index (χ0) is 15.6. The van der Waals surface area contributed by atoms with Crippen LogP contribution in [-0.4, -0.2) is 20.8 Å². The summed E-state index contributed by atoms with van der Waals surface area (Å²) >= 11 is 8.88. The van der Waals surface area contributed by atoms with Crippen LogP contribution in [0.15, 0.2) is 29.0 Å². The third kappa shape index (κ3) is 3.34. The topological polar surface area (TPSA) is 98.0 Å². The Morgan fingerprint density at radius 1 is 1.43 bits per heavy atom. The summed E-state index contributed by atoms with van der Waals surface area (Å²) in [5, 5.41) is 13.2. The van der Waals surface area contributed by atoms with Crippen LogP contribution in [0.25, 0.3) is 0 Å². The number of nitro groups is 1. The quantitative estimate of drug-likeness (QED) is 0.507. The third-order valence-electron chi connectivity index (χ3n) is 2.61. The summed E-state index contributed by atoms with van der Waals surface area (Å²) in [4.78, 5) is 30.2. The lowest BCUT2D eigenvalue weighted by Gasteiger charge is -2.08. The fourth-order valence-electron chi connectivity index (χ4n) is 1.64. The zero-order valence-corrected chi connectivity index (χ0v) is 13.0. The van der Waals surface area contributed by atoms with Crippen molar-refractivity contribution in [3.8, 4) is 0 Å². The van der Waals surface area contributed by atoms with Gasteiger partial charge >= 0.3 is 5.69 Å². The highest BCUT2D eigenvalue weighted by Gasteiger charge is 2.25. The summed E-state index contributed by atoms with van der Waals surface area (Å²) in [6.45, 7) is 1.70. The maximum absolute atomic E-state index is 12.2. The molecular formula is C12H8BrClN4O3. The highest BCUT2D eigenvalue weighted by Crippen LogP contribution is 2.27. The molecule has 2 rings (SSSR count). The van der Waals surface area contributed by atoms with Gasteiger partial charge in [-0.25, -0.2) is 9.97 Å². The molecular weight excluding hydrogens is 364 g/mol. The molecule has 0 fully saturated rings. The molecule has 0 saturated carbocycles. The molecule has 0 aliphatic carbocycles. The molecule has 2 heterocycles. The van der Waals surface area contributed by atoms with E-state index < -0.39 is 16.5 Å². The second kappa shape index (κ2) is 6.15. The molecule has 1 N–H and O–H groups in total. The molecule has 0 aliphatic rings. The third-order valence-corrected chi connectivity index (χ3v) is 3.33. The normalized spacial score (nSPS) is 10.2. The number of nitrogens with one attached hydrogen (secondary N) is 1. The van der Waals surface area contributed by atoms with Gasteiger partial charge in [0.05, 0.1) is 16.3 Å². The van der Waals surface area contributed by atoms with E-state index in [1.807, 2.05) is 0 Å². The Bertz CT molecular complexity index is 738. The molecule has 0 unspecified atom stereocenters.